The minimum atomic E-state index is 0.489. The van der Waals surface area contributed by atoms with E-state index in [2.05, 4.69) is 49.0 Å². The SMILES string of the molecule is C=C(c1cccc(OC)c1)c1cccc(-c2ccccc2)c1OCc1ccccc1. The highest BCUT2D eigenvalue weighted by Crippen LogP contribution is 2.39. The van der Waals surface area contributed by atoms with Gasteiger partial charge in [-0.25, -0.2) is 0 Å². The third kappa shape index (κ3) is 4.28. The second kappa shape index (κ2) is 9.15. The summed E-state index contributed by atoms with van der Waals surface area (Å²) in [7, 11) is 1.67. The third-order valence-corrected chi connectivity index (χ3v) is 5.07. The van der Waals surface area contributed by atoms with Crippen LogP contribution in [0.25, 0.3) is 16.7 Å². The fourth-order valence-electron chi connectivity index (χ4n) is 3.47. The normalized spacial score (nSPS) is 10.4. The second-order valence-electron chi connectivity index (χ2n) is 7.03. The van der Waals surface area contributed by atoms with E-state index in [1.54, 1.807) is 7.11 Å². The van der Waals surface area contributed by atoms with Crippen LogP contribution in [0.1, 0.15) is 16.7 Å². The van der Waals surface area contributed by atoms with E-state index in [9.17, 15) is 0 Å². The van der Waals surface area contributed by atoms with Gasteiger partial charge < -0.3 is 9.47 Å². The molecule has 148 valence electrons. The molecule has 4 aromatic rings. The first kappa shape index (κ1) is 19.5. The lowest BCUT2D eigenvalue weighted by Gasteiger charge is -2.18. The zero-order valence-corrected chi connectivity index (χ0v) is 17.0. The molecule has 0 aromatic heterocycles. The minimum absolute atomic E-state index is 0.489. The average Bonchev–Trinajstić information content (AvgIpc) is 2.83. The lowest BCUT2D eigenvalue weighted by Crippen LogP contribution is -2.01. The Kier molecular flexibility index (Phi) is 5.95. The summed E-state index contributed by atoms with van der Waals surface area (Å²) in [5.74, 6) is 1.64. The molecule has 0 fully saturated rings. The van der Waals surface area contributed by atoms with Crippen LogP contribution in [-0.2, 0) is 6.61 Å². The largest absolute Gasteiger partial charge is 0.497 e. The fraction of sp³-hybridized carbons (Fsp3) is 0.0714. The summed E-state index contributed by atoms with van der Waals surface area (Å²) >= 11 is 0. The van der Waals surface area contributed by atoms with E-state index >= 15 is 0 Å². The molecule has 0 saturated carbocycles. The number of ether oxygens (including phenoxy) is 2. The topological polar surface area (TPSA) is 18.5 Å². The molecule has 30 heavy (non-hydrogen) atoms. The molecule has 2 nitrogen and oxygen atoms in total. The Balaban J connectivity index is 1.78. The summed E-state index contributed by atoms with van der Waals surface area (Å²) in [6.45, 7) is 4.87. The van der Waals surface area contributed by atoms with Gasteiger partial charge in [0.1, 0.15) is 18.1 Å². The van der Waals surface area contributed by atoms with Crippen LogP contribution in [0.5, 0.6) is 11.5 Å². The summed E-state index contributed by atoms with van der Waals surface area (Å²) < 4.78 is 11.8. The van der Waals surface area contributed by atoms with Gasteiger partial charge in [-0.15, -0.1) is 0 Å². The molecule has 0 bridgehead atoms. The van der Waals surface area contributed by atoms with Crippen LogP contribution < -0.4 is 9.47 Å². The van der Waals surface area contributed by atoms with Crippen molar-refractivity contribution in [1.82, 2.24) is 0 Å². The lowest BCUT2D eigenvalue weighted by molar-refractivity contribution is 0.306. The highest BCUT2D eigenvalue weighted by Gasteiger charge is 2.16. The molecule has 0 saturated heterocycles. The molecule has 0 radical (unpaired) electrons. The maximum Gasteiger partial charge on any atom is 0.135 e. The van der Waals surface area contributed by atoms with Crippen molar-refractivity contribution < 1.29 is 9.47 Å². The summed E-state index contributed by atoms with van der Waals surface area (Å²) in [5, 5.41) is 0. The maximum absolute atomic E-state index is 6.42. The van der Waals surface area contributed by atoms with Gasteiger partial charge in [0, 0.05) is 11.1 Å². The van der Waals surface area contributed by atoms with E-state index in [1.165, 1.54) is 0 Å². The Morgan fingerprint density at radius 2 is 1.47 bits per heavy atom. The first-order valence-electron chi connectivity index (χ1n) is 9.95. The smallest absolute Gasteiger partial charge is 0.135 e. The zero-order valence-electron chi connectivity index (χ0n) is 17.0. The second-order valence-corrected chi connectivity index (χ2v) is 7.03. The van der Waals surface area contributed by atoms with Gasteiger partial charge in [-0.2, -0.15) is 0 Å². The number of hydrogen-bond donors (Lipinski definition) is 0. The van der Waals surface area contributed by atoms with Crippen LogP contribution in [0.15, 0.2) is 110 Å². The molecule has 0 heterocycles. The average molecular weight is 392 g/mol. The molecule has 0 aliphatic carbocycles. The summed E-state index contributed by atoms with van der Waals surface area (Å²) in [6.07, 6.45) is 0. The molecular formula is C28H24O2. The van der Waals surface area contributed by atoms with Crippen LogP contribution >= 0.6 is 0 Å². The standard InChI is InChI=1S/C28H24O2/c1-21(24-15-9-16-25(19-24)29-2)26-17-10-18-27(23-13-7-4-8-14-23)28(26)30-20-22-11-5-3-6-12-22/h3-19H,1,20H2,2H3. The quantitative estimate of drug-likeness (QED) is 0.337. The number of hydrogen-bond acceptors (Lipinski definition) is 2. The van der Waals surface area contributed by atoms with Gasteiger partial charge in [0.15, 0.2) is 0 Å². The van der Waals surface area contributed by atoms with Gasteiger partial charge in [0.25, 0.3) is 0 Å². The lowest BCUT2D eigenvalue weighted by atomic mass is 9.94. The van der Waals surface area contributed by atoms with E-state index in [0.29, 0.717) is 6.61 Å². The number of para-hydroxylation sites is 1. The fourth-order valence-corrected chi connectivity index (χ4v) is 3.47. The van der Waals surface area contributed by atoms with Gasteiger partial charge in [0.2, 0.25) is 0 Å². The number of benzene rings is 4. The molecule has 0 N–H and O–H groups in total. The Morgan fingerprint density at radius 1 is 0.767 bits per heavy atom. The van der Waals surface area contributed by atoms with Crippen LogP contribution in [-0.4, -0.2) is 7.11 Å². The van der Waals surface area contributed by atoms with Crippen LogP contribution in [0.2, 0.25) is 0 Å². The molecule has 0 amide bonds. The highest BCUT2D eigenvalue weighted by molar-refractivity contribution is 5.86. The van der Waals surface area contributed by atoms with Crippen molar-refractivity contribution in [3.63, 3.8) is 0 Å². The van der Waals surface area contributed by atoms with Crippen LogP contribution in [0.4, 0.5) is 0 Å². The molecule has 2 heteroatoms. The Labute approximate surface area is 178 Å². The van der Waals surface area contributed by atoms with Crippen molar-refractivity contribution in [3.05, 3.63) is 126 Å². The molecule has 0 unspecified atom stereocenters. The molecular weight excluding hydrogens is 368 g/mol. The predicted octanol–water partition coefficient (Wildman–Crippen LogP) is 7.00. The van der Waals surface area contributed by atoms with Crippen molar-refractivity contribution in [2.24, 2.45) is 0 Å². The van der Waals surface area contributed by atoms with Crippen LogP contribution in [0, 0.1) is 0 Å². The Bertz CT molecular complexity index is 1130. The predicted molar refractivity (Wildman–Crippen MR) is 124 cm³/mol. The van der Waals surface area contributed by atoms with Crippen molar-refractivity contribution >= 4 is 5.57 Å². The zero-order chi connectivity index (χ0) is 20.8. The minimum Gasteiger partial charge on any atom is -0.497 e. The van der Waals surface area contributed by atoms with E-state index < -0.39 is 0 Å². The van der Waals surface area contributed by atoms with Gasteiger partial charge in [-0.1, -0.05) is 97.6 Å². The van der Waals surface area contributed by atoms with E-state index in [0.717, 1.165) is 44.9 Å². The van der Waals surface area contributed by atoms with Gasteiger partial charge in [-0.3, -0.25) is 0 Å². The van der Waals surface area contributed by atoms with Gasteiger partial charge in [0.05, 0.1) is 7.11 Å². The van der Waals surface area contributed by atoms with E-state index in [1.807, 2.05) is 60.7 Å². The third-order valence-electron chi connectivity index (χ3n) is 5.07. The number of methoxy groups -OCH3 is 1. The van der Waals surface area contributed by atoms with Gasteiger partial charge in [-0.05, 0) is 34.4 Å². The molecule has 0 spiro atoms. The molecule has 4 rings (SSSR count). The number of rotatable bonds is 7. The van der Waals surface area contributed by atoms with Crippen molar-refractivity contribution in [2.45, 2.75) is 6.61 Å². The van der Waals surface area contributed by atoms with Gasteiger partial charge >= 0.3 is 0 Å². The van der Waals surface area contributed by atoms with Crippen LogP contribution in [0.3, 0.4) is 0 Å². The van der Waals surface area contributed by atoms with E-state index in [-0.39, 0.29) is 0 Å². The Morgan fingerprint density at radius 3 is 2.20 bits per heavy atom. The highest BCUT2D eigenvalue weighted by atomic mass is 16.5. The van der Waals surface area contributed by atoms with E-state index in [4.69, 9.17) is 9.47 Å². The summed E-state index contributed by atoms with van der Waals surface area (Å²) in [4.78, 5) is 0. The van der Waals surface area contributed by atoms with Crippen molar-refractivity contribution in [3.8, 4) is 22.6 Å². The van der Waals surface area contributed by atoms with Crippen molar-refractivity contribution in [2.75, 3.05) is 7.11 Å². The summed E-state index contributed by atoms with van der Waals surface area (Å²) in [5.41, 5.74) is 6.16. The van der Waals surface area contributed by atoms with Crippen molar-refractivity contribution in [1.29, 1.82) is 0 Å². The first-order chi connectivity index (χ1) is 14.8. The molecule has 0 aliphatic heterocycles. The molecule has 4 aromatic carbocycles. The monoisotopic (exact) mass is 392 g/mol. The molecule has 0 aliphatic rings. The first-order valence-corrected chi connectivity index (χ1v) is 9.95. The Hall–Kier alpha value is -3.78. The molecule has 0 atom stereocenters. The summed E-state index contributed by atoms with van der Waals surface area (Å²) in [6, 6.07) is 34.7. The maximum atomic E-state index is 6.42.